The number of hydrogen-bond acceptors (Lipinski definition) is 5. The molecule has 6 heteroatoms. The summed E-state index contributed by atoms with van der Waals surface area (Å²) >= 11 is 0. The Labute approximate surface area is 147 Å². The molecule has 0 aliphatic carbocycles. The monoisotopic (exact) mass is 343 g/mol. The molecule has 2 N–H and O–H groups in total. The number of rotatable bonds is 6. The molecule has 0 amide bonds. The molecule has 1 heterocycles. The molecule has 0 unspecified atom stereocenters. The van der Waals surface area contributed by atoms with Gasteiger partial charge in [-0.2, -0.15) is 0 Å². The van der Waals surface area contributed by atoms with Crippen LogP contribution in [0.15, 0.2) is 58.6 Å². The van der Waals surface area contributed by atoms with Crippen LogP contribution in [0.1, 0.15) is 12.5 Å². The minimum atomic E-state index is -0.588. The van der Waals surface area contributed by atoms with E-state index in [0.717, 1.165) is 16.2 Å². The number of nitrogens with one attached hydrogen (secondary N) is 1. The predicted molar refractivity (Wildman–Crippen MR) is 96.6 cm³/mol. The summed E-state index contributed by atoms with van der Waals surface area (Å²) in [6, 6.07) is 7.32. The predicted octanol–water partition coefficient (Wildman–Crippen LogP) is 1.52. The maximum Gasteiger partial charge on any atom is 0.344 e. The Morgan fingerprint density at radius 1 is 1.28 bits per heavy atom. The van der Waals surface area contributed by atoms with E-state index in [9.17, 15) is 9.90 Å². The van der Waals surface area contributed by atoms with Gasteiger partial charge in [-0.05, 0) is 30.7 Å². The Balaban J connectivity index is 2.42. The first-order chi connectivity index (χ1) is 12.0. The lowest BCUT2D eigenvalue weighted by molar-refractivity contribution is -0.801. The molecule has 132 valence electrons. The molecule has 1 aliphatic rings. The van der Waals surface area contributed by atoms with E-state index < -0.39 is 5.97 Å². The van der Waals surface area contributed by atoms with Crippen LogP contribution < -0.4 is 9.64 Å². The molecule has 25 heavy (non-hydrogen) atoms. The second kappa shape index (κ2) is 8.30. The number of benzene rings is 1. The molecule has 0 spiro atoms. The molecule has 2 rings (SSSR count). The zero-order valence-electron chi connectivity index (χ0n) is 14.9. The first-order valence-corrected chi connectivity index (χ1v) is 8.00. The van der Waals surface area contributed by atoms with Gasteiger partial charge in [0.05, 0.1) is 39.7 Å². The fourth-order valence-electron chi connectivity index (χ4n) is 2.22. The molecule has 0 fully saturated rings. The summed E-state index contributed by atoms with van der Waals surface area (Å²) in [6.45, 7) is 1.94. The van der Waals surface area contributed by atoms with Gasteiger partial charge in [-0.1, -0.05) is 12.1 Å². The van der Waals surface area contributed by atoms with Gasteiger partial charge in [0.1, 0.15) is 17.0 Å². The third-order valence-corrected chi connectivity index (χ3v) is 3.45. The number of nitrogens with zero attached hydrogens (tertiary/aromatic N) is 1. The fraction of sp³-hybridized carbons (Fsp3) is 0.263. The summed E-state index contributed by atoms with van der Waals surface area (Å²) in [5.74, 6) is -0.0282. The standard InChI is InChI=1S/C19H22N2O4/c1-5-25-19(23)17-15(10-11-21(2)3)20-16(18(17)22)12-13-6-8-14(24-4)9-7-13/h6-12,22H,5H2,1-4H3/p+1/b11-10+,16-12+. The van der Waals surface area contributed by atoms with Crippen molar-refractivity contribution >= 4 is 17.8 Å². The van der Waals surface area contributed by atoms with Gasteiger partial charge in [0.25, 0.3) is 0 Å². The van der Waals surface area contributed by atoms with Crippen LogP contribution >= 0.6 is 0 Å². The van der Waals surface area contributed by atoms with Crippen LogP contribution in [0.2, 0.25) is 0 Å². The number of hydrogen-bond donors (Lipinski definition) is 2. The van der Waals surface area contributed by atoms with Crippen molar-refractivity contribution in [3.8, 4) is 5.75 Å². The van der Waals surface area contributed by atoms with Gasteiger partial charge < -0.3 is 19.5 Å². The van der Waals surface area contributed by atoms with Crippen molar-refractivity contribution in [3.05, 3.63) is 59.1 Å². The minimum absolute atomic E-state index is 0.0825. The Kier molecular flexibility index (Phi) is 6.14. The van der Waals surface area contributed by atoms with Gasteiger partial charge in [0.15, 0.2) is 5.76 Å². The molecule has 0 aromatic heterocycles. The van der Waals surface area contributed by atoms with Gasteiger partial charge in [0.2, 0.25) is 0 Å². The first kappa shape index (κ1) is 18.5. The highest BCUT2D eigenvalue weighted by Gasteiger charge is 2.29. The second-order valence-electron chi connectivity index (χ2n) is 5.65. The molecule has 0 atom stereocenters. The number of carbonyl (C=O) groups excluding carboxylic acids is 1. The van der Waals surface area contributed by atoms with Crippen molar-refractivity contribution < 1.29 is 24.3 Å². The van der Waals surface area contributed by atoms with E-state index in [1.807, 2.05) is 44.6 Å². The second-order valence-corrected chi connectivity index (χ2v) is 5.65. The minimum Gasteiger partial charge on any atom is -0.505 e. The topological polar surface area (TPSA) is 72.6 Å². The Morgan fingerprint density at radius 2 is 1.96 bits per heavy atom. The number of allylic oxidation sites excluding steroid dienone is 1. The number of methoxy groups -OCH3 is 1. The fourth-order valence-corrected chi connectivity index (χ4v) is 2.22. The number of aliphatic hydroxyl groups excluding tert-OH is 1. The number of ether oxygens (including phenoxy) is 2. The van der Waals surface area contributed by atoms with Gasteiger partial charge in [-0.25, -0.2) is 9.79 Å². The summed E-state index contributed by atoms with van der Waals surface area (Å²) in [7, 11) is 5.47. The van der Waals surface area contributed by atoms with E-state index in [4.69, 9.17) is 9.47 Å². The number of aliphatic imine (C=N–C) groups is 1. The summed E-state index contributed by atoms with van der Waals surface area (Å²) in [6.07, 6.45) is 5.24. The van der Waals surface area contributed by atoms with E-state index >= 15 is 0 Å². The van der Waals surface area contributed by atoms with Crippen LogP contribution in [0.25, 0.3) is 6.08 Å². The molecular weight excluding hydrogens is 320 g/mol. The summed E-state index contributed by atoms with van der Waals surface area (Å²) in [4.78, 5) is 17.6. The molecule has 1 aromatic carbocycles. The van der Waals surface area contributed by atoms with Crippen LogP contribution in [-0.4, -0.2) is 44.6 Å². The van der Waals surface area contributed by atoms with Crippen LogP contribution in [0, 0.1) is 0 Å². The summed E-state index contributed by atoms with van der Waals surface area (Å²) in [5, 5.41) is 10.5. The Morgan fingerprint density at radius 3 is 2.52 bits per heavy atom. The number of quaternary nitrogens is 1. The van der Waals surface area contributed by atoms with Crippen LogP contribution in [0.3, 0.4) is 0 Å². The Hall–Kier alpha value is -2.86. The molecule has 1 aromatic rings. The maximum atomic E-state index is 12.2. The number of carbonyl (C=O) groups is 1. The van der Waals surface area contributed by atoms with Crippen molar-refractivity contribution in [2.45, 2.75) is 6.92 Å². The van der Waals surface area contributed by atoms with Crippen molar-refractivity contribution in [1.82, 2.24) is 0 Å². The van der Waals surface area contributed by atoms with Gasteiger partial charge in [-0.15, -0.1) is 0 Å². The first-order valence-electron chi connectivity index (χ1n) is 8.00. The lowest BCUT2D eigenvalue weighted by Crippen LogP contribution is -3.00. The normalized spacial score (nSPS) is 16.0. The quantitative estimate of drug-likeness (QED) is 0.768. The SMILES string of the molecule is CCOC(=O)C1=C(O)/C(=C\c2ccc(OC)cc2)N=C1/C=C/[NH+](C)C. The number of aliphatic hydroxyl groups is 1. The van der Waals surface area contributed by atoms with Crippen LogP contribution in [0.5, 0.6) is 5.75 Å². The van der Waals surface area contributed by atoms with E-state index in [2.05, 4.69) is 4.99 Å². The zero-order chi connectivity index (χ0) is 18.4. The molecule has 0 radical (unpaired) electrons. The van der Waals surface area contributed by atoms with Crippen LogP contribution in [0.4, 0.5) is 0 Å². The van der Waals surface area contributed by atoms with E-state index in [0.29, 0.717) is 11.4 Å². The molecule has 0 saturated carbocycles. The highest BCUT2D eigenvalue weighted by Crippen LogP contribution is 2.27. The molecule has 0 bridgehead atoms. The lowest BCUT2D eigenvalue weighted by Gasteiger charge is -2.04. The van der Waals surface area contributed by atoms with E-state index in [1.165, 1.54) is 0 Å². The molecule has 1 aliphatic heterocycles. The van der Waals surface area contributed by atoms with Crippen molar-refractivity contribution in [2.75, 3.05) is 27.8 Å². The third-order valence-electron chi connectivity index (χ3n) is 3.45. The third kappa shape index (κ3) is 4.58. The smallest absolute Gasteiger partial charge is 0.344 e. The van der Waals surface area contributed by atoms with Gasteiger partial charge >= 0.3 is 5.97 Å². The highest BCUT2D eigenvalue weighted by molar-refractivity contribution is 6.27. The number of esters is 1. The average Bonchev–Trinajstić information content (AvgIpc) is 2.89. The maximum absolute atomic E-state index is 12.2. The van der Waals surface area contributed by atoms with Crippen LogP contribution in [-0.2, 0) is 9.53 Å². The summed E-state index contributed by atoms with van der Waals surface area (Å²) < 4.78 is 10.2. The molecule has 0 saturated heterocycles. The van der Waals surface area contributed by atoms with Crippen molar-refractivity contribution in [1.29, 1.82) is 0 Å². The average molecular weight is 343 g/mol. The van der Waals surface area contributed by atoms with Crippen molar-refractivity contribution in [2.24, 2.45) is 4.99 Å². The van der Waals surface area contributed by atoms with Gasteiger partial charge in [0, 0.05) is 6.08 Å². The zero-order valence-corrected chi connectivity index (χ0v) is 14.9. The molecule has 6 nitrogen and oxygen atoms in total. The summed E-state index contributed by atoms with van der Waals surface area (Å²) in [5.41, 5.74) is 1.62. The van der Waals surface area contributed by atoms with E-state index in [1.54, 1.807) is 26.2 Å². The Bertz CT molecular complexity index is 756. The lowest BCUT2D eigenvalue weighted by atomic mass is 10.1. The van der Waals surface area contributed by atoms with Gasteiger partial charge in [-0.3, -0.25) is 0 Å². The largest absolute Gasteiger partial charge is 0.505 e. The van der Waals surface area contributed by atoms with Crippen molar-refractivity contribution in [3.63, 3.8) is 0 Å². The molecular formula is C19H23N2O4+. The highest BCUT2D eigenvalue weighted by atomic mass is 16.5. The van der Waals surface area contributed by atoms with E-state index in [-0.39, 0.29) is 17.9 Å².